The minimum Gasteiger partial charge on any atom is -0.494 e. The smallest absolute Gasteiger partial charge is 0.260 e. The number of aromatic nitrogens is 2. The largest absolute Gasteiger partial charge is 0.494 e. The molecule has 0 radical (unpaired) electrons. The summed E-state index contributed by atoms with van der Waals surface area (Å²) < 4.78 is 51.5. The summed E-state index contributed by atoms with van der Waals surface area (Å²) in [7, 11) is 1.32. The minimum absolute atomic E-state index is 0.000589. The summed E-state index contributed by atoms with van der Waals surface area (Å²) in [5.41, 5.74) is 0.414. The van der Waals surface area contributed by atoms with Gasteiger partial charge in [0.2, 0.25) is 0 Å². The highest BCUT2D eigenvalue weighted by Crippen LogP contribution is 2.42. The lowest BCUT2D eigenvalue weighted by molar-refractivity contribution is 0.315. The van der Waals surface area contributed by atoms with Gasteiger partial charge in [-0.1, -0.05) is 23.4 Å². The van der Waals surface area contributed by atoms with Gasteiger partial charge in [0.1, 0.15) is 22.4 Å². The highest BCUT2D eigenvalue weighted by Gasteiger charge is 2.36. The molecule has 1 unspecified atom stereocenters. The lowest BCUT2D eigenvalue weighted by Gasteiger charge is -2.21. The van der Waals surface area contributed by atoms with E-state index in [-0.39, 0.29) is 34.6 Å². The van der Waals surface area contributed by atoms with Crippen molar-refractivity contribution >= 4 is 28.8 Å². The Morgan fingerprint density at radius 1 is 1.16 bits per heavy atom. The van der Waals surface area contributed by atoms with Crippen LogP contribution in [0.5, 0.6) is 5.75 Å². The zero-order chi connectivity index (χ0) is 27.1. The molecule has 6 nitrogen and oxygen atoms in total. The lowest BCUT2D eigenvalue weighted by atomic mass is 9.93. The van der Waals surface area contributed by atoms with Crippen molar-refractivity contribution in [3.63, 3.8) is 0 Å². The molecule has 11 heteroatoms. The number of hydrogen-bond donors (Lipinski definition) is 1. The number of ether oxygens (including phenoxy) is 1. The van der Waals surface area contributed by atoms with Gasteiger partial charge in [0.05, 0.1) is 23.7 Å². The quantitative estimate of drug-likeness (QED) is 0.175. The Kier molecular flexibility index (Phi) is 7.06. The molecule has 1 aliphatic rings. The molecule has 0 saturated carbocycles. The number of rotatable bonds is 6. The molecular formula is C27H22F3N3O3S2. The van der Waals surface area contributed by atoms with Gasteiger partial charge in [-0.15, -0.1) is 23.1 Å². The molecule has 1 N–H and O–H groups in total. The van der Waals surface area contributed by atoms with Crippen molar-refractivity contribution in [3.8, 4) is 16.9 Å². The summed E-state index contributed by atoms with van der Waals surface area (Å²) in [6, 6.07) is 7.35. The number of nitrogens with zero attached hydrogens (tertiary/aromatic N) is 3. The van der Waals surface area contributed by atoms with Crippen molar-refractivity contribution in [2.75, 3.05) is 12.9 Å². The van der Waals surface area contributed by atoms with Crippen LogP contribution in [-0.4, -0.2) is 33.3 Å². The molecule has 0 fully saturated rings. The Balaban J connectivity index is 1.80. The van der Waals surface area contributed by atoms with Gasteiger partial charge < -0.3 is 9.94 Å². The standard InChI is InChI=1S/C27H22F3N3O3S2/c1-13-11-31-25(38-13)24(32-35)20-12-37-27-16(10-17-18(28)7-5-8-19(17)29)14(2)22(26(34)33(20)27)15-6-4-9-21(36-3)23(15)30/h4-9,11,20,35H,10,12H2,1-3H3. The number of oxime groups is 1. The molecule has 4 aromatic rings. The zero-order valence-corrected chi connectivity index (χ0v) is 22.2. The van der Waals surface area contributed by atoms with Crippen LogP contribution < -0.4 is 10.3 Å². The molecule has 0 aliphatic carbocycles. The van der Waals surface area contributed by atoms with E-state index in [0.717, 1.165) is 4.88 Å². The summed E-state index contributed by atoms with van der Waals surface area (Å²) in [4.78, 5) is 19.3. The van der Waals surface area contributed by atoms with Crippen molar-refractivity contribution in [1.82, 2.24) is 9.55 Å². The van der Waals surface area contributed by atoms with Crippen molar-refractivity contribution < 1.29 is 23.1 Å². The molecule has 5 rings (SSSR count). The van der Waals surface area contributed by atoms with Gasteiger partial charge in [-0.25, -0.2) is 18.2 Å². The van der Waals surface area contributed by atoms with Crippen LogP contribution >= 0.6 is 23.1 Å². The normalized spacial score (nSPS) is 15.1. The average Bonchev–Trinajstić information content (AvgIpc) is 3.52. The van der Waals surface area contributed by atoms with Gasteiger partial charge >= 0.3 is 0 Å². The predicted molar refractivity (Wildman–Crippen MR) is 141 cm³/mol. The van der Waals surface area contributed by atoms with Crippen LogP contribution in [0, 0.1) is 31.3 Å². The van der Waals surface area contributed by atoms with E-state index in [1.807, 2.05) is 6.92 Å². The van der Waals surface area contributed by atoms with Crippen LogP contribution in [0.25, 0.3) is 11.1 Å². The second kappa shape index (κ2) is 10.3. The SMILES string of the molecule is COc1cccc(-c2c(C)c(Cc3c(F)cccc3F)c3n(c2=O)C(C(=NO)c2ncc(C)s2)CS3)c1F. The van der Waals surface area contributed by atoms with Crippen LogP contribution in [0.1, 0.15) is 32.6 Å². The number of methoxy groups -OCH3 is 1. The molecule has 2 aromatic heterocycles. The highest BCUT2D eigenvalue weighted by molar-refractivity contribution is 7.99. The molecule has 1 aliphatic heterocycles. The highest BCUT2D eigenvalue weighted by atomic mass is 32.2. The van der Waals surface area contributed by atoms with Crippen molar-refractivity contribution in [1.29, 1.82) is 0 Å². The van der Waals surface area contributed by atoms with Crippen molar-refractivity contribution in [2.45, 2.75) is 31.3 Å². The van der Waals surface area contributed by atoms with Gasteiger partial charge in [-0.2, -0.15) is 0 Å². The van der Waals surface area contributed by atoms with E-state index in [2.05, 4.69) is 10.1 Å². The second-order valence-electron chi connectivity index (χ2n) is 8.75. The Bertz CT molecular complexity index is 1630. The van der Waals surface area contributed by atoms with E-state index in [1.54, 1.807) is 19.2 Å². The monoisotopic (exact) mass is 557 g/mol. The fraction of sp³-hybridized carbons (Fsp3) is 0.222. The molecule has 0 amide bonds. The molecule has 196 valence electrons. The predicted octanol–water partition coefficient (Wildman–Crippen LogP) is 6.13. The molecule has 2 aromatic carbocycles. The van der Waals surface area contributed by atoms with Gasteiger partial charge in [-0.05, 0) is 43.2 Å². The average molecular weight is 558 g/mol. The van der Waals surface area contributed by atoms with Gasteiger partial charge in [-0.3, -0.25) is 9.36 Å². The van der Waals surface area contributed by atoms with E-state index in [1.165, 1.54) is 65.1 Å². The van der Waals surface area contributed by atoms with Crippen LogP contribution in [0.15, 0.2) is 57.6 Å². The molecule has 3 heterocycles. The molecule has 0 saturated heterocycles. The number of thiazole rings is 1. The number of benzene rings is 2. The maximum atomic E-state index is 15.5. The maximum Gasteiger partial charge on any atom is 0.260 e. The lowest BCUT2D eigenvalue weighted by Crippen LogP contribution is -2.32. The fourth-order valence-corrected chi connectivity index (χ4v) is 6.86. The van der Waals surface area contributed by atoms with Gasteiger partial charge in [0.25, 0.3) is 5.56 Å². The third-order valence-electron chi connectivity index (χ3n) is 6.56. The molecule has 38 heavy (non-hydrogen) atoms. The van der Waals surface area contributed by atoms with Crippen LogP contribution in [0.2, 0.25) is 0 Å². The zero-order valence-electron chi connectivity index (χ0n) is 20.6. The topological polar surface area (TPSA) is 76.7 Å². The first kappa shape index (κ1) is 26.1. The Morgan fingerprint density at radius 2 is 1.87 bits per heavy atom. The Labute approximate surface area is 224 Å². The van der Waals surface area contributed by atoms with Crippen molar-refractivity contribution in [2.24, 2.45) is 5.16 Å². The summed E-state index contributed by atoms with van der Waals surface area (Å²) in [6.07, 6.45) is 1.47. The fourth-order valence-electron chi connectivity index (χ4n) is 4.69. The first-order valence-electron chi connectivity index (χ1n) is 11.6. The molecular weight excluding hydrogens is 535 g/mol. The number of fused-ring (bicyclic) bond motifs is 1. The number of aryl methyl sites for hydroxylation is 1. The minimum atomic E-state index is -0.740. The summed E-state index contributed by atoms with van der Waals surface area (Å²) >= 11 is 2.61. The molecule has 0 spiro atoms. The number of pyridine rings is 1. The first-order valence-corrected chi connectivity index (χ1v) is 13.4. The third kappa shape index (κ3) is 4.29. The molecule has 0 bridgehead atoms. The van der Waals surface area contributed by atoms with E-state index < -0.39 is 29.1 Å². The summed E-state index contributed by atoms with van der Waals surface area (Å²) in [5, 5.41) is 14.3. The van der Waals surface area contributed by atoms with E-state index >= 15 is 4.39 Å². The summed E-state index contributed by atoms with van der Waals surface area (Å²) in [6.45, 7) is 3.50. The Hall–Kier alpha value is -3.57. The van der Waals surface area contributed by atoms with Crippen LogP contribution in [-0.2, 0) is 6.42 Å². The summed E-state index contributed by atoms with van der Waals surface area (Å²) in [5.74, 6) is -1.91. The second-order valence-corrected chi connectivity index (χ2v) is 11.0. The van der Waals surface area contributed by atoms with Gasteiger partial charge in [0, 0.05) is 34.4 Å². The van der Waals surface area contributed by atoms with E-state index in [0.29, 0.717) is 26.9 Å². The number of hydrogen-bond acceptors (Lipinski definition) is 7. The van der Waals surface area contributed by atoms with Gasteiger partial charge in [0.15, 0.2) is 11.6 Å². The molecule has 1 atom stereocenters. The van der Waals surface area contributed by atoms with Crippen LogP contribution in [0.3, 0.4) is 0 Å². The third-order valence-corrected chi connectivity index (χ3v) is 8.69. The van der Waals surface area contributed by atoms with E-state index in [9.17, 15) is 18.8 Å². The van der Waals surface area contributed by atoms with Crippen molar-refractivity contribution in [3.05, 3.63) is 97.0 Å². The number of thioether (sulfide) groups is 1. The van der Waals surface area contributed by atoms with Crippen LogP contribution in [0.4, 0.5) is 13.2 Å². The van der Waals surface area contributed by atoms with E-state index in [4.69, 9.17) is 4.74 Å². The Morgan fingerprint density at radius 3 is 2.50 bits per heavy atom. The first-order chi connectivity index (χ1) is 18.3. The number of halogens is 3. The maximum absolute atomic E-state index is 15.5.